The molecule has 0 atom stereocenters. The van der Waals surface area contributed by atoms with Crippen LogP contribution in [0.4, 0.5) is 11.4 Å². The number of benzene rings is 3. The quantitative estimate of drug-likeness (QED) is 0.575. The molecule has 0 fully saturated rings. The standard InChI is InChI=1S/C22H22ClN3O3S/c1-26(2)18-11-8-16(9-12-18)15-24-22(27)20-14-17(10-13-21(20)23)25-30(28,29)19-6-4-3-5-7-19/h3-14,25H,15H2,1-2H3,(H,24,27). The van der Waals surface area contributed by atoms with E-state index in [-0.39, 0.29) is 21.2 Å². The van der Waals surface area contributed by atoms with E-state index in [0.717, 1.165) is 11.3 Å². The Morgan fingerprint density at radius 1 is 0.967 bits per heavy atom. The molecule has 0 radical (unpaired) electrons. The number of rotatable bonds is 7. The maximum absolute atomic E-state index is 12.6. The Labute approximate surface area is 181 Å². The molecule has 0 saturated carbocycles. The molecule has 1 amide bonds. The second kappa shape index (κ2) is 9.19. The Kier molecular flexibility index (Phi) is 6.64. The number of sulfonamides is 1. The summed E-state index contributed by atoms with van der Waals surface area (Å²) in [4.78, 5) is 14.7. The highest BCUT2D eigenvalue weighted by molar-refractivity contribution is 7.92. The van der Waals surface area contributed by atoms with Crippen molar-refractivity contribution in [3.8, 4) is 0 Å². The lowest BCUT2D eigenvalue weighted by atomic mass is 10.1. The van der Waals surface area contributed by atoms with E-state index < -0.39 is 15.9 Å². The molecule has 0 bridgehead atoms. The van der Waals surface area contributed by atoms with Crippen LogP contribution in [0.5, 0.6) is 0 Å². The van der Waals surface area contributed by atoms with Gasteiger partial charge in [-0.05, 0) is 48.0 Å². The molecule has 2 N–H and O–H groups in total. The van der Waals surface area contributed by atoms with Crippen molar-refractivity contribution in [3.63, 3.8) is 0 Å². The molecular weight excluding hydrogens is 422 g/mol. The van der Waals surface area contributed by atoms with E-state index in [1.54, 1.807) is 18.2 Å². The Balaban J connectivity index is 1.72. The fourth-order valence-electron chi connectivity index (χ4n) is 2.77. The molecule has 6 nitrogen and oxygen atoms in total. The fourth-order valence-corrected chi connectivity index (χ4v) is 4.04. The van der Waals surface area contributed by atoms with Crippen molar-refractivity contribution < 1.29 is 13.2 Å². The van der Waals surface area contributed by atoms with Gasteiger partial charge in [-0.3, -0.25) is 9.52 Å². The van der Waals surface area contributed by atoms with Gasteiger partial charge in [-0.1, -0.05) is 41.9 Å². The van der Waals surface area contributed by atoms with Gasteiger partial charge in [0.1, 0.15) is 0 Å². The van der Waals surface area contributed by atoms with Crippen molar-refractivity contribution in [2.24, 2.45) is 0 Å². The normalized spacial score (nSPS) is 11.0. The predicted molar refractivity (Wildman–Crippen MR) is 121 cm³/mol. The average Bonchev–Trinajstić information content (AvgIpc) is 2.74. The first-order chi connectivity index (χ1) is 14.3. The monoisotopic (exact) mass is 443 g/mol. The number of nitrogens with one attached hydrogen (secondary N) is 2. The van der Waals surface area contributed by atoms with E-state index >= 15 is 0 Å². The molecule has 8 heteroatoms. The SMILES string of the molecule is CN(C)c1ccc(CNC(=O)c2cc(NS(=O)(=O)c3ccccc3)ccc2Cl)cc1. The molecule has 0 aromatic heterocycles. The Hall–Kier alpha value is -3.03. The molecule has 3 aromatic carbocycles. The minimum Gasteiger partial charge on any atom is -0.378 e. The van der Waals surface area contributed by atoms with Gasteiger partial charge in [0.25, 0.3) is 15.9 Å². The van der Waals surface area contributed by atoms with Crippen LogP contribution in [-0.4, -0.2) is 28.4 Å². The van der Waals surface area contributed by atoms with Gasteiger partial charge in [0.15, 0.2) is 0 Å². The molecule has 0 spiro atoms. The maximum atomic E-state index is 12.6. The van der Waals surface area contributed by atoms with Crippen LogP contribution >= 0.6 is 11.6 Å². The van der Waals surface area contributed by atoms with Crippen molar-refractivity contribution in [2.45, 2.75) is 11.4 Å². The smallest absolute Gasteiger partial charge is 0.261 e. The molecule has 30 heavy (non-hydrogen) atoms. The lowest BCUT2D eigenvalue weighted by Crippen LogP contribution is -2.23. The van der Waals surface area contributed by atoms with Gasteiger partial charge in [-0.2, -0.15) is 0 Å². The second-order valence-electron chi connectivity index (χ2n) is 6.86. The minimum atomic E-state index is -3.76. The number of nitrogens with zero attached hydrogens (tertiary/aromatic N) is 1. The molecule has 156 valence electrons. The summed E-state index contributed by atoms with van der Waals surface area (Å²) in [5.41, 5.74) is 2.44. The molecule has 0 aliphatic rings. The van der Waals surface area contributed by atoms with Crippen LogP contribution in [0.2, 0.25) is 5.02 Å². The molecule has 3 rings (SSSR count). The van der Waals surface area contributed by atoms with Crippen LogP contribution in [0.15, 0.2) is 77.7 Å². The molecular formula is C22H22ClN3O3S. The predicted octanol–water partition coefficient (Wildman–Crippen LogP) is 4.14. The third-order valence-corrected chi connectivity index (χ3v) is 6.15. The van der Waals surface area contributed by atoms with Crippen molar-refractivity contribution in [1.82, 2.24) is 5.32 Å². The van der Waals surface area contributed by atoms with Crippen molar-refractivity contribution in [2.75, 3.05) is 23.7 Å². The summed E-state index contributed by atoms with van der Waals surface area (Å²) in [6.45, 7) is 0.322. The zero-order valence-corrected chi connectivity index (χ0v) is 18.2. The molecule has 0 aliphatic heterocycles. The Morgan fingerprint density at radius 2 is 1.63 bits per heavy atom. The van der Waals surface area contributed by atoms with Gasteiger partial charge in [0.05, 0.1) is 15.5 Å². The van der Waals surface area contributed by atoms with Gasteiger partial charge >= 0.3 is 0 Å². The minimum absolute atomic E-state index is 0.132. The summed E-state index contributed by atoms with van der Waals surface area (Å²) < 4.78 is 27.5. The number of hydrogen-bond acceptors (Lipinski definition) is 4. The zero-order chi connectivity index (χ0) is 21.7. The lowest BCUT2D eigenvalue weighted by molar-refractivity contribution is 0.0951. The second-order valence-corrected chi connectivity index (χ2v) is 8.95. The van der Waals surface area contributed by atoms with E-state index in [1.165, 1.54) is 30.3 Å². The molecule has 0 heterocycles. The van der Waals surface area contributed by atoms with Crippen LogP contribution in [0.1, 0.15) is 15.9 Å². The summed E-state index contributed by atoms with van der Waals surface area (Å²) in [5.74, 6) is -0.391. The summed E-state index contributed by atoms with van der Waals surface area (Å²) >= 11 is 6.17. The molecule has 0 unspecified atom stereocenters. The fraction of sp³-hybridized carbons (Fsp3) is 0.136. The van der Waals surface area contributed by atoms with E-state index in [4.69, 9.17) is 11.6 Å². The zero-order valence-electron chi connectivity index (χ0n) is 16.6. The Morgan fingerprint density at radius 3 is 2.27 bits per heavy atom. The number of carbonyl (C=O) groups is 1. The lowest BCUT2D eigenvalue weighted by Gasteiger charge is -2.13. The van der Waals surface area contributed by atoms with Crippen molar-refractivity contribution in [1.29, 1.82) is 0 Å². The summed E-state index contributed by atoms with van der Waals surface area (Å²) in [5, 5.41) is 3.05. The van der Waals surface area contributed by atoms with Gasteiger partial charge in [-0.15, -0.1) is 0 Å². The third kappa shape index (κ3) is 5.31. The van der Waals surface area contributed by atoms with Crippen LogP contribution < -0.4 is 14.9 Å². The van der Waals surface area contributed by atoms with E-state index in [0.29, 0.717) is 6.54 Å². The number of anilines is 2. The maximum Gasteiger partial charge on any atom is 0.261 e. The number of halogens is 1. The number of hydrogen-bond donors (Lipinski definition) is 2. The number of carbonyl (C=O) groups excluding carboxylic acids is 1. The summed E-state index contributed by atoms with van der Waals surface area (Å²) in [7, 11) is 0.148. The largest absolute Gasteiger partial charge is 0.378 e. The first-order valence-electron chi connectivity index (χ1n) is 9.18. The summed E-state index contributed by atoms with van der Waals surface area (Å²) in [6, 6.07) is 20.2. The average molecular weight is 444 g/mol. The molecule has 0 saturated heterocycles. The van der Waals surface area contributed by atoms with E-state index in [1.807, 2.05) is 43.3 Å². The van der Waals surface area contributed by atoms with Gasteiger partial charge in [-0.25, -0.2) is 8.42 Å². The van der Waals surface area contributed by atoms with Crippen molar-refractivity contribution in [3.05, 3.63) is 88.9 Å². The number of amides is 1. The van der Waals surface area contributed by atoms with Gasteiger partial charge < -0.3 is 10.2 Å². The summed E-state index contributed by atoms with van der Waals surface area (Å²) in [6.07, 6.45) is 0. The van der Waals surface area contributed by atoms with E-state index in [9.17, 15) is 13.2 Å². The first kappa shape index (κ1) is 21.7. The highest BCUT2D eigenvalue weighted by Crippen LogP contribution is 2.23. The third-order valence-electron chi connectivity index (χ3n) is 4.42. The topological polar surface area (TPSA) is 78.5 Å². The van der Waals surface area contributed by atoms with Crippen molar-refractivity contribution >= 4 is 38.9 Å². The Bertz CT molecular complexity index is 1130. The first-order valence-corrected chi connectivity index (χ1v) is 11.0. The van der Waals surface area contributed by atoms with Crippen LogP contribution in [0.3, 0.4) is 0 Å². The van der Waals surface area contributed by atoms with Gasteiger partial charge in [0.2, 0.25) is 0 Å². The highest BCUT2D eigenvalue weighted by atomic mass is 35.5. The van der Waals surface area contributed by atoms with Crippen LogP contribution in [-0.2, 0) is 16.6 Å². The highest BCUT2D eigenvalue weighted by Gasteiger charge is 2.16. The van der Waals surface area contributed by atoms with Crippen LogP contribution in [0, 0.1) is 0 Å². The van der Waals surface area contributed by atoms with Crippen LogP contribution in [0.25, 0.3) is 0 Å². The van der Waals surface area contributed by atoms with Gasteiger partial charge in [0, 0.05) is 32.0 Å². The molecule has 3 aromatic rings. The van der Waals surface area contributed by atoms with E-state index in [2.05, 4.69) is 10.0 Å². The molecule has 0 aliphatic carbocycles.